The molecule has 1 atom stereocenters. The highest BCUT2D eigenvalue weighted by Crippen LogP contribution is 2.26. The molecule has 0 spiro atoms. The van der Waals surface area contributed by atoms with Gasteiger partial charge in [0.25, 0.3) is 0 Å². The largest absolute Gasteiger partial charge is 0.339 e. The highest BCUT2D eigenvalue weighted by atomic mass is 32.2. The Morgan fingerprint density at radius 3 is 2.75 bits per heavy atom. The van der Waals surface area contributed by atoms with E-state index in [4.69, 9.17) is 0 Å². The molecular formula is C12H24N2OS. The summed E-state index contributed by atoms with van der Waals surface area (Å²) in [6.45, 7) is 6.58. The number of likely N-dealkylation sites (N-methyl/N-ethyl adjacent to an activating group) is 1. The Morgan fingerprint density at radius 1 is 1.56 bits per heavy atom. The Hall–Kier alpha value is -0.220. The summed E-state index contributed by atoms with van der Waals surface area (Å²) in [5, 5.41) is 3.92. The van der Waals surface area contributed by atoms with Gasteiger partial charge in [0.05, 0.1) is 6.54 Å². The van der Waals surface area contributed by atoms with E-state index < -0.39 is 0 Å². The number of rotatable bonds is 8. The van der Waals surface area contributed by atoms with Crippen LogP contribution in [0.5, 0.6) is 0 Å². The lowest BCUT2D eigenvalue weighted by atomic mass is 10.3. The maximum atomic E-state index is 11.8. The minimum absolute atomic E-state index is 0.266. The topological polar surface area (TPSA) is 32.3 Å². The summed E-state index contributed by atoms with van der Waals surface area (Å²) in [6.07, 6.45) is 5.65. The SMILES string of the molecule is CCN(C(=O)CNCCC(C)SC)C1CC1. The monoisotopic (exact) mass is 244 g/mol. The molecule has 0 saturated heterocycles. The van der Waals surface area contributed by atoms with E-state index in [0.717, 1.165) is 19.5 Å². The molecule has 0 aromatic heterocycles. The number of amides is 1. The van der Waals surface area contributed by atoms with Gasteiger partial charge in [0, 0.05) is 17.8 Å². The lowest BCUT2D eigenvalue weighted by molar-refractivity contribution is -0.130. The van der Waals surface area contributed by atoms with Crippen LogP contribution in [0.15, 0.2) is 0 Å². The van der Waals surface area contributed by atoms with Gasteiger partial charge < -0.3 is 10.2 Å². The molecule has 0 heterocycles. The number of nitrogens with zero attached hydrogens (tertiary/aromatic N) is 1. The minimum Gasteiger partial charge on any atom is -0.339 e. The molecule has 0 aromatic rings. The third-order valence-electron chi connectivity index (χ3n) is 3.05. The fourth-order valence-corrected chi connectivity index (χ4v) is 2.10. The zero-order chi connectivity index (χ0) is 12.0. The van der Waals surface area contributed by atoms with E-state index in [0.29, 0.717) is 17.8 Å². The van der Waals surface area contributed by atoms with Gasteiger partial charge >= 0.3 is 0 Å². The van der Waals surface area contributed by atoms with E-state index >= 15 is 0 Å². The van der Waals surface area contributed by atoms with Crippen molar-refractivity contribution >= 4 is 17.7 Å². The van der Waals surface area contributed by atoms with Crippen molar-refractivity contribution in [2.24, 2.45) is 0 Å². The van der Waals surface area contributed by atoms with Crippen molar-refractivity contribution in [1.82, 2.24) is 10.2 Å². The average molecular weight is 244 g/mol. The van der Waals surface area contributed by atoms with Crippen LogP contribution in [-0.2, 0) is 4.79 Å². The van der Waals surface area contributed by atoms with Gasteiger partial charge in [-0.25, -0.2) is 0 Å². The van der Waals surface area contributed by atoms with Gasteiger partial charge in [-0.1, -0.05) is 6.92 Å². The van der Waals surface area contributed by atoms with Crippen molar-refractivity contribution < 1.29 is 4.79 Å². The fourth-order valence-electron chi connectivity index (χ4n) is 1.74. The van der Waals surface area contributed by atoms with Gasteiger partial charge in [-0.15, -0.1) is 0 Å². The second-order valence-electron chi connectivity index (χ2n) is 4.42. The normalized spacial score (nSPS) is 17.2. The van der Waals surface area contributed by atoms with Crippen molar-refractivity contribution in [2.45, 2.75) is 44.4 Å². The molecule has 1 unspecified atom stereocenters. The van der Waals surface area contributed by atoms with Crippen molar-refractivity contribution in [2.75, 3.05) is 25.9 Å². The van der Waals surface area contributed by atoms with E-state index in [1.807, 2.05) is 16.7 Å². The zero-order valence-electron chi connectivity index (χ0n) is 10.7. The van der Waals surface area contributed by atoms with E-state index in [1.54, 1.807) is 0 Å². The molecule has 0 aromatic carbocycles. The van der Waals surface area contributed by atoms with Crippen LogP contribution in [0.2, 0.25) is 0 Å². The minimum atomic E-state index is 0.266. The molecule has 1 amide bonds. The first-order valence-electron chi connectivity index (χ1n) is 6.22. The predicted molar refractivity (Wildman–Crippen MR) is 70.9 cm³/mol. The molecule has 1 saturated carbocycles. The first kappa shape index (κ1) is 13.8. The van der Waals surface area contributed by atoms with Crippen molar-refractivity contribution in [3.8, 4) is 0 Å². The van der Waals surface area contributed by atoms with Crippen LogP contribution in [0, 0.1) is 0 Å². The lowest BCUT2D eigenvalue weighted by Gasteiger charge is -2.20. The molecule has 1 fully saturated rings. The molecule has 0 bridgehead atoms. The van der Waals surface area contributed by atoms with Gasteiger partial charge in [0.2, 0.25) is 5.91 Å². The van der Waals surface area contributed by atoms with Gasteiger partial charge in [-0.3, -0.25) is 4.79 Å². The molecule has 1 N–H and O–H groups in total. The Morgan fingerprint density at radius 2 is 2.25 bits per heavy atom. The Kier molecular flexibility index (Phi) is 6.21. The summed E-state index contributed by atoms with van der Waals surface area (Å²) < 4.78 is 0. The Labute approximate surface area is 103 Å². The molecule has 16 heavy (non-hydrogen) atoms. The summed E-state index contributed by atoms with van der Waals surface area (Å²) in [4.78, 5) is 13.8. The average Bonchev–Trinajstić information content (AvgIpc) is 3.09. The Balaban J connectivity index is 2.09. The number of nitrogens with one attached hydrogen (secondary N) is 1. The van der Waals surface area contributed by atoms with Crippen LogP contribution in [0.1, 0.15) is 33.1 Å². The second kappa shape index (κ2) is 7.17. The van der Waals surface area contributed by atoms with Crippen LogP contribution in [0.3, 0.4) is 0 Å². The number of hydrogen-bond donors (Lipinski definition) is 1. The van der Waals surface area contributed by atoms with Crippen molar-refractivity contribution in [3.05, 3.63) is 0 Å². The van der Waals surface area contributed by atoms with Gasteiger partial charge in [0.1, 0.15) is 0 Å². The van der Waals surface area contributed by atoms with Gasteiger partial charge in [-0.05, 0) is 39.0 Å². The van der Waals surface area contributed by atoms with Crippen LogP contribution >= 0.6 is 11.8 Å². The smallest absolute Gasteiger partial charge is 0.236 e. The van der Waals surface area contributed by atoms with E-state index in [2.05, 4.69) is 25.4 Å². The third kappa shape index (κ3) is 4.74. The first-order chi connectivity index (χ1) is 7.69. The quantitative estimate of drug-likeness (QED) is 0.660. The maximum absolute atomic E-state index is 11.8. The number of carbonyl (C=O) groups is 1. The highest BCUT2D eigenvalue weighted by molar-refractivity contribution is 7.99. The van der Waals surface area contributed by atoms with Crippen LogP contribution in [-0.4, -0.2) is 48.0 Å². The van der Waals surface area contributed by atoms with Crippen molar-refractivity contribution in [1.29, 1.82) is 0 Å². The van der Waals surface area contributed by atoms with Crippen LogP contribution < -0.4 is 5.32 Å². The summed E-state index contributed by atoms with van der Waals surface area (Å²) >= 11 is 1.87. The number of thioether (sulfide) groups is 1. The molecular weight excluding hydrogens is 220 g/mol. The highest BCUT2D eigenvalue weighted by Gasteiger charge is 2.30. The first-order valence-corrected chi connectivity index (χ1v) is 7.50. The van der Waals surface area contributed by atoms with E-state index in [9.17, 15) is 4.79 Å². The molecule has 1 rings (SSSR count). The van der Waals surface area contributed by atoms with Gasteiger partial charge in [0.15, 0.2) is 0 Å². The zero-order valence-corrected chi connectivity index (χ0v) is 11.5. The van der Waals surface area contributed by atoms with Crippen LogP contribution in [0.25, 0.3) is 0 Å². The van der Waals surface area contributed by atoms with E-state index in [-0.39, 0.29) is 5.91 Å². The van der Waals surface area contributed by atoms with Gasteiger partial charge in [-0.2, -0.15) is 11.8 Å². The number of carbonyl (C=O) groups excluding carboxylic acids is 1. The molecule has 1 aliphatic carbocycles. The lowest BCUT2D eigenvalue weighted by Crippen LogP contribution is -2.39. The molecule has 0 radical (unpaired) electrons. The standard InChI is InChI=1S/C12H24N2OS/c1-4-14(11-5-6-11)12(15)9-13-8-7-10(2)16-3/h10-11,13H,4-9H2,1-3H3. The predicted octanol–water partition coefficient (Wildman–Crippen LogP) is 1.73. The third-order valence-corrected chi connectivity index (χ3v) is 4.10. The second-order valence-corrected chi connectivity index (χ2v) is 5.70. The summed E-state index contributed by atoms with van der Waals surface area (Å²) in [5.41, 5.74) is 0. The molecule has 3 nitrogen and oxygen atoms in total. The molecule has 1 aliphatic rings. The summed E-state index contributed by atoms with van der Waals surface area (Å²) in [6, 6.07) is 0.546. The summed E-state index contributed by atoms with van der Waals surface area (Å²) in [7, 11) is 0. The molecule has 4 heteroatoms. The molecule has 0 aliphatic heterocycles. The summed E-state index contributed by atoms with van der Waals surface area (Å²) in [5.74, 6) is 0.266. The molecule has 94 valence electrons. The van der Waals surface area contributed by atoms with Crippen LogP contribution in [0.4, 0.5) is 0 Å². The Bertz CT molecular complexity index is 219. The fraction of sp³-hybridized carbons (Fsp3) is 0.917. The van der Waals surface area contributed by atoms with Crippen molar-refractivity contribution in [3.63, 3.8) is 0 Å². The number of hydrogen-bond acceptors (Lipinski definition) is 3. The van der Waals surface area contributed by atoms with E-state index in [1.165, 1.54) is 12.8 Å². The maximum Gasteiger partial charge on any atom is 0.236 e.